The maximum Gasteiger partial charge on any atom is 0.193 e. The number of hydrogen-bond acceptors (Lipinski definition) is 2. The summed E-state index contributed by atoms with van der Waals surface area (Å²) in [4.78, 5) is 11.7. The molecule has 116 valence electrons. The Morgan fingerprint density at radius 3 is 2.86 bits per heavy atom. The van der Waals surface area contributed by atoms with E-state index in [9.17, 15) is 0 Å². The summed E-state index contributed by atoms with van der Waals surface area (Å²) in [6, 6.07) is 10.5. The lowest BCUT2D eigenvalue weighted by Crippen LogP contribution is -2.39. The molecule has 0 radical (unpaired) electrons. The van der Waals surface area contributed by atoms with Gasteiger partial charge < -0.3 is 10.2 Å². The van der Waals surface area contributed by atoms with Crippen LogP contribution in [0.4, 0.5) is 0 Å². The number of aromatic nitrogens is 1. The lowest BCUT2D eigenvalue weighted by atomic mass is 10.1. The highest BCUT2D eigenvalue weighted by atomic mass is 15.3. The molecule has 0 unspecified atom stereocenters. The summed E-state index contributed by atoms with van der Waals surface area (Å²) in [7, 11) is 0. The molecule has 1 aliphatic heterocycles. The molecule has 4 nitrogen and oxygen atoms in total. The molecule has 0 saturated carbocycles. The topological polar surface area (TPSA) is 40.5 Å². The predicted octanol–water partition coefficient (Wildman–Crippen LogP) is 2.84. The van der Waals surface area contributed by atoms with E-state index in [4.69, 9.17) is 4.99 Å². The Morgan fingerprint density at radius 1 is 1.23 bits per heavy atom. The van der Waals surface area contributed by atoms with Crippen molar-refractivity contribution in [1.82, 2.24) is 15.2 Å². The summed E-state index contributed by atoms with van der Waals surface area (Å²) in [6.07, 6.45) is 5.34. The van der Waals surface area contributed by atoms with Crippen LogP contribution >= 0.6 is 0 Å². The molecule has 1 saturated heterocycles. The molecule has 2 heterocycles. The number of nitrogens with zero attached hydrogens (tertiary/aromatic N) is 3. The molecule has 0 spiro atoms. The molecule has 4 heteroatoms. The number of benzene rings is 1. The molecule has 1 aromatic carbocycles. The fourth-order valence-electron chi connectivity index (χ4n) is 3.01. The van der Waals surface area contributed by atoms with Crippen molar-refractivity contribution in [3.8, 4) is 0 Å². The van der Waals surface area contributed by atoms with Crippen LogP contribution in [0.2, 0.25) is 0 Å². The molecular formula is C18H24N4. The fraction of sp³-hybridized carbons (Fsp3) is 0.444. The van der Waals surface area contributed by atoms with Crippen molar-refractivity contribution in [2.75, 3.05) is 26.2 Å². The largest absolute Gasteiger partial charge is 0.357 e. The van der Waals surface area contributed by atoms with Crippen LogP contribution in [0.15, 0.2) is 41.5 Å². The molecule has 1 aromatic heterocycles. The minimum Gasteiger partial charge on any atom is -0.357 e. The first kappa shape index (κ1) is 14.8. The first-order chi connectivity index (χ1) is 10.9. The van der Waals surface area contributed by atoms with Crippen molar-refractivity contribution in [3.63, 3.8) is 0 Å². The maximum atomic E-state index is 4.80. The van der Waals surface area contributed by atoms with Gasteiger partial charge in [0.15, 0.2) is 5.96 Å². The summed E-state index contributed by atoms with van der Waals surface area (Å²) in [5, 5.41) is 4.61. The molecule has 2 aromatic rings. The van der Waals surface area contributed by atoms with E-state index in [2.05, 4.69) is 46.4 Å². The summed E-state index contributed by atoms with van der Waals surface area (Å²) >= 11 is 0. The molecule has 22 heavy (non-hydrogen) atoms. The van der Waals surface area contributed by atoms with Crippen molar-refractivity contribution in [2.45, 2.75) is 26.2 Å². The quantitative estimate of drug-likeness (QED) is 0.697. The number of pyridine rings is 1. The van der Waals surface area contributed by atoms with Crippen LogP contribution in [-0.4, -0.2) is 42.0 Å². The van der Waals surface area contributed by atoms with Gasteiger partial charge in [-0.2, -0.15) is 0 Å². The number of likely N-dealkylation sites (tertiary alicyclic amines) is 1. The van der Waals surface area contributed by atoms with Gasteiger partial charge in [0.25, 0.3) is 0 Å². The van der Waals surface area contributed by atoms with E-state index in [1.165, 1.54) is 23.8 Å². The van der Waals surface area contributed by atoms with E-state index in [1.807, 2.05) is 12.3 Å². The van der Waals surface area contributed by atoms with Gasteiger partial charge in [-0.15, -0.1) is 0 Å². The minimum absolute atomic E-state index is 0.800. The number of fused-ring (bicyclic) bond motifs is 1. The van der Waals surface area contributed by atoms with E-state index in [-0.39, 0.29) is 0 Å². The second-order valence-corrected chi connectivity index (χ2v) is 5.67. The molecule has 0 aliphatic carbocycles. The number of nitrogens with one attached hydrogen (secondary N) is 1. The van der Waals surface area contributed by atoms with Crippen LogP contribution in [0.25, 0.3) is 10.9 Å². The van der Waals surface area contributed by atoms with Crippen LogP contribution in [0.3, 0.4) is 0 Å². The number of rotatable bonds is 4. The molecule has 0 atom stereocenters. The van der Waals surface area contributed by atoms with Crippen molar-refractivity contribution >= 4 is 16.9 Å². The van der Waals surface area contributed by atoms with Crippen molar-refractivity contribution in [1.29, 1.82) is 0 Å². The van der Waals surface area contributed by atoms with Crippen LogP contribution < -0.4 is 5.32 Å². The molecule has 1 aliphatic rings. The molecular weight excluding hydrogens is 272 g/mol. The fourth-order valence-corrected chi connectivity index (χ4v) is 3.01. The third kappa shape index (κ3) is 3.38. The molecule has 1 fully saturated rings. The van der Waals surface area contributed by atoms with Crippen molar-refractivity contribution in [2.24, 2.45) is 4.99 Å². The first-order valence-corrected chi connectivity index (χ1v) is 8.24. The van der Waals surface area contributed by atoms with Gasteiger partial charge in [0.2, 0.25) is 0 Å². The van der Waals surface area contributed by atoms with Gasteiger partial charge in [-0.25, -0.2) is 0 Å². The lowest BCUT2D eigenvalue weighted by molar-refractivity contribution is 0.494. The van der Waals surface area contributed by atoms with Gasteiger partial charge in [-0.05, 0) is 37.8 Å². The summed E-state index contributed by atoms with van der Waals surface area (Å²) in [6.45, 7) is 6.10. The molecule has 0 amide bonds. The number of para-hydroxylation sites is 1. The number of hydrogen-bond donors (Lipinski definition) is 1. The number of guanidine groups is 1. The highest BCUT2D eigenvalue weighted by molar-refractivity contribution is 5.82. The van der Waals surface area contributed by atoms with Gasteiger partial charge in [0.05, 0.1) is 5.52 Å². The van der Waals surface area contributed by atoms with E-state index >= 15 is 0 Å². The average molecular weight is 296 g/mol. The zero-order chi connectivity index (χ0) is 15.2. The number of aliphatic imine (C=N–C) groups is 1. The second kappa shape index (κ2) is 7.25. The monoisotopic (exact) mass is 296 g/mol. The Bertz CT molecular complexity index is 639. The lowest BCUT2D eigenvalue weighted by Gasteiger charge is -2.20. The standard InChI is InChI=1S/C18H24N4/c1-2-19-18(22-13-3-4-14-22)21-12-10-16-8-5-7-15-9-6-11-20-17(15)16/h5-9,11H,2-4,10,12-14H2,1H3,(H,19,21). The Morgan fingerprint density at radius 2 is 2.05 bits per heavy atom. The Hall–Kier alpha value is -2.10. The summed E-state index contributed by atoms with van der Waals surface area (Å²) in [5.74, 6) is 1.06. The van der Waals surface area contributed by atoms with Crippen LogP contribution in [0, 0.1) is 0 Å². The summed E-state index contributed by atoms with van der Waals surface area (Å²) in [5.41, 5.74) is 2.38. The third-order valence-electron chi connectivity index (χ3n) is 4.10. The maximum absolute atomic E-state index is 4.80. The Kier molecular flexibility index (Phi) is 4.88. The van der Waals surface area contributed by atoms with Gasteiger partial charge in [0.1, 0.15) is 0 Å². The zero-order valence-corrected chi connectivity index (χ0v) is 13.3. The highest BCUT2D eigenvalue weighted by Crippen LogP contribution is 2.16. The van der Waals surface area contributed by atoms with Gasteiger partial charge in [0, 0.05) is 37.8 Å². The van der Waals surface area contributed by atoms with Gasteiger partial charge in [-0.3, -0.25) is 9.98 Å². The first-order valence-electron chi connectivity index (χ1n) is 8.24. The highest BCUT2D eigenvalue weighted by Gasteiger charge is 2.15. The van der Waals surface area contributed by atoms with E-state index in [1.54, 1.807) is 0 Å². The Balaban J connectivity index is 1.71. The Labute approximate surface area is 132 Å². The van der Waals surface area contributed by atoms with Crippen LogP contribution in [-0.2, 0) is 6.42 Å². The normalized spacial score (nSPS) is 15.5. The van der Waals surface area contributed by atoms with Crippen molar-refractivity contribution in [3.05, 3.63) is 42.1 Å². The zero-order valence-electron chi connectivity index (χ0n) is 13.3. The van der Waals surface area contributed by atoms with Gasteiger partial charge >= 0.3 is 0 Å². The summed E-state index contributed by atoms with van der Waals surface area (Å²) < 4.78 is 0. The average Bonchev–Trinajstić information content (AvgIpc) is 3.08. The minimum atomic E-state index is 0.800. The second-order valence-electron chi connectivity index (χ2n) is 5.67. The van der Waals surface area contributed by atoms with Gasteiger partial charge in [-0.1, -0.05) is 24.3 Å². The predicted molar refractivity (Wildman–Crippen MR) is 92.2 cm³/mol. The van der Waals surface area contributed by atoms with Crippen LogP contribution in [0.1, 0.15) is 25.3 Å². The van der Waals surface area contributed by atoms with E-state index in [0.717, 1.165) is 44.1 Å². The third-order valence-corrected chi connectivity index (χ3v) is 4.10. The van der Waals surface area contributed by atoms with E-state index < -0.39 is 0 Å². The van der Waals surface area contributed by atoms with E-state index in [0.29, 0.717) is 0 Å². The molecule has 0 bridgehead atoms. The molecule has 1 N–H and O–H groups in total. The smallest absolute Gasteiger partial charge is 0.193 e. The van der Waals surface area contributed by atoms with Crippen LogP contribution in [0.5, 0.6) is 0 Å². The van der Waals surface area contributed by atoms with Crippen molar-refractivity contribution < 1.29 is 0 Å². The molecule has 3 rings (SSSR count). The SMILES string of the molecule is CCNC(=NCCc1cccc2cccnc12)N1CCCC1.